The number of ether oxygens (including phenoxy) is 1. The number of aliphatic imine (C=N–C) groups is 1. The molecule has 0 saturated carbocycles. The summed E-state index contributed by atoms with van der Waals surface area (Å²) in [5.74, 6) is -0.0925. The maximum atomic E-state index is 14.4. The molecule has 0 spiro atoms. The summed E-state index contributed by atoms with van der Waals surface area (Å²) < 4.78 is 33.3. The summed E-state index contributed by atoms with van der Waals surface area (Å²) in [6.07, 6.45) is 7.33. The molecule has 2 aromatic rings. The Morgan fingerprint density at radius 2 is 2.09 bits per heavy atom. The number of hydrogen-bond donors (Lipinski definition) is 2. The lowest BCUT2D eigenvalue weighted by atomic mass is 9.94. The molecule has 1 aromatic heterocycles. The number of halogens is 2. The molecule has 8 heteroatoms. The van der Waals surface area contributed by atoms with Gasteiger partial charge in [0.25, 0.3) is 0 Å². The van der Waals surface area contributed by atoms with Crippen LogP contribution in [0.4, 0.5) is 8.78 Å². The normalized spacial score (nSPS) is 15.6. The summed E-state index contributed by atoms with van der Waals surface area (Å²) in [7, 11) is 1.52. The van der Waals surface area contributed by atoms with Crippen molar-refractivity contribution in [2.24, 2.45) is 10.7 Å². The molecule has 0 saturated heterocycles. The molecule has 0 fully saturated rings. The van der Waals surface area contributed by atoms with Crippen LogP contribution >= 0.6 is 0 Å². The Balaban J connectivity index is 2.08. The van der Waals surface area contributed by atoms with Crippen molar-refractivity contribution >= 4 is 17.2 Å². The molecule has 1 aliphatic carbocycles. The smallest absolute Gasteiger partial charge is 0.134 e. The zero-order chi connectivity index (χ0) is 23.1. The molecule has 0 aliphatic heterocycles. The van der Waals surface area contributed by atoms with E-state index in [4.69, 9.17) is 10.5 Å². The van der Waals surface area contributed by atoms with Crippen molar-refractivity contribution in [2.75, 3.05) is 13.7 Å². The van der Waals surface area contributed by atoms with Crippen molar-refractivity contribution in [3.05, 3.63) is 94.8 Å². The number of rotatable bonds is 8. The number of amidine groups is 1. The van der Waals surface area contributed by atoms with Crippen LogP contribution in [0.3, 0.4) is 0 Å². The van der Waals surface area contributed by atoms with E-state index in [1.807, 2.05) is 0 Å². The van der Waals surface area contributed by atoms with E-state index in [-0.39, 0.29) is 17.2 Å². The van der Waals surface area contributed by atoms with Gasteiger partial charge in [-0.2, -0.15) is 0 Å². The fourth-order valence-corrected chi connectivity index (χ4v) is 3.14. The van der Waals surface area contributed by atoms with E-state index in [0.717, 1.165) is 6.07 Å². The topological polar surface area (TPSA) is 89.6 Å². The Kier molecular flexibility index (Phi) is 7.49. The molecule has 0 atom stereocenters. The predicted molar refractivity (Wildman–Crippen MR) is 119 cm³/mol. The van der Waals surface area contributed by atoms with E-state index < -0.39 is 11.6 Å². The molecular formula is C24H24F2N4O2. The summed E-state index contributed by atoms with van der Waals surface area (Å²) in [6, 6.07) is 6.93. The van der Waals surface area contributed by atoms with Crippen LogP contribution in [-0.2, 0) is 9.53 Å². The number of nitrogens with zero attached hydrogens (tertiary/aromatic N) is 2. The number of benzene rings is 1. The van der Waals surface area contributed by atoms with Crippen molar-refractivity contribution in [1.82, 2.24) is 10.3 Å². The number of hydrogen-bond acceptors (Lipinski definition) is 5. The first-order valence-corrected chi connectivity index (χ1v) is 10.00. The van der Waals surface area contributed by atoms with Crippen molar-refractivity contribution in [3.63, 3.8) is 0 Å². The first-order chi connectivity index (χ1) is 15.4. The van der Waals surface area contributed by atoms with E-state index in [1.165, 1.54) is 26.2 Å². The van der Waals surface area contributed by atoms with Crippen LogP contribution < -0.4 is 11.1 Å². The second-order valence-corrected chi connectivity index (χ2v) is 7.21. The number of carbonyl (C=O) groups is 1. The monoisotopic (exact) mass is 438 g/mol. The van der Waals surface area contributed by atoms with Crippen LogP contribution in [0.1, 0.15) is 30.9 Å². The van der Waals surface area contributed by atoms with Crippen LogP contribution in [0.2, 0.25) is 0 Å². The summed E-state index contributed by atoms with van der Waals surface area (Å²) in [6.45, 7) is 1.85. The third kappa shape index (κ3) is 5.87. The minimum Gasteiger partial charge on any atom is -0.501 e. The van der Waals surface area contributed by atoms with Crippen LogP contribution in [-0.4, -0.2) is 30.3 Å². The highest BCUT2D eigenvalue weighted by Gasteiger charge is 2.18. The number of methoxy groups -OCH3 is 1. The van der Waals surface area contributed by atoms with Crippen molar-refractivity contribution in [1.29, 1.82) is 0 Å². The average molecular weight is 438 g/mol. The minimum absolute atomic E-state index is 0.0248. The van der Waals surface area contributed by atoms with Gasteiger partial charge in [0.1, 0.15) is 34.8 Å². The van der Waals surface area contributed by atoms with E-state index >= 15 is 0 Å². The molecule has 0 radical (unpaired) electrons. The second kappa shape index (κ2) is 10.5. The van der Waals surface area contributed by atoms with Crippen molar-refractivity contribution in [2.45, 2.75) is 19.8 Å². The number of nitrogens with two attached hydrogens (primary N) is 1. The van der Waals surface area contributed by atoms with Gasteiger partial charge in [0.2, 0.25) is 0 Å². The maximum absolute atomic E-state index is 14.4. The molecule has 0 amide bonds. The molecule has 0 bridgehead atoms. The zero-order valence-electron chi connectivity index (χ0n) is 17.9. The number of nitrogens with one attached hydrogen (secondary N) is 1. The number of pyridine rings is 1. The molecule has 32 heavy (non-hydrogen) atoms. The lowest BCUT2D eigenvalue weighted by Crippen LogP contribution is -2.22. The number of allylic oxidation sites excluding steroid dienone is 4. The minimum atomic E-state index is -0.686. The van der Waals surface area contributed by atoms with Gasteiger partial charge >= 0.3 is 0 Å². The lowest BCUT2D eigenvalue weighted by molar-refractivity contribution is -0.116. The first-order valence-electron chi connectivity index (χ1n) is 10.00. The van der Waals surface area contributed by atoms with Gasteiger partial charge in [-0.15, -0.1) is 0 Å². The number of carbonyl (C=O) groups excluding carboxylic acids is 1. The summed E-state index contributed by atoms with van der Waals surface area (Å²) in [4.78, 5) is 20.0. The standard InChI is InChI=1S/C24H24F2N4O2/c1-15(31)7-9-29-24(30-23(27)16-4-3-8-28-14-16)18-10-17(11-20(12-18)32-2)21-6-5-19(25)13-22(21)26/h3-6,8,10-11,13-14,29H,7,9,12H2,1-2H3,(H2,27,30)/b24-18-. The van der Waals surface area contributed by atoms with Gasteiger partial charge in [-0.05, 0) is 48.9 Å². The average Bonchev–Trinajstić information content (AvgIpc) is 2.78. The summed E-state index contributed by atoms with van der Waals surface area (Å²) >= 11 is 0. The van der Waals surface area contributed by atoms with E-state index in [9.17, 15) is 13.6 Å². The first kappa shape index (κ1) is 22.9. The SMILES string of the molecule is COC1=CC(c2ccc(F)cc2F)=C/C(=C(/N=C(N)c2cccnc2)NCCC(C)=O)C1. The third-order valence-electron chi connectivity index (χ3n) is 4.78. The van der Waals surface area contributed by atoms with Crippen LogP contribution in [0, 0.1) is 11.6 Å². The lowest BCUT2D eigenvalue weighted by Gasteiger charge is -2.19. The number of Topliss-reactive ketones (excluding diaryl/α,β-unsaturated/α-hetero) is 1. The fraction of sp³-hybridized carbons (Fsp3) is 0.208. The largest absolute Gasteiger partial charge is 0.501 e. The Hall–Kier alpha value is -3.81. The molecular weight excluding hydrogens is 414 g/mol. The van der Waals surface area contributed by atoms with E-state index in [0.29, 0.717) is 47.7 Å². The van der Waals surface area contributed by atoms with Gasteiger partial charge < -0.3 is 15.8 Å². The zero-order valence-corrected chi connectivity index (χ0v) is 17.9. The molecule has 6 nitrogen and oxygen atoms in total. The summed E-state index contributed by atoms with van der Waals surface area (Å²) in [5, 5.41) is 3.15. The maximum Gasteiger partial charge on any atom is 0.134 e. The van der Waals surface area contributed by atoms with Crippen molar-refractivity contribution in [3.8, 4) is 0 Å². The number of aromatic nitrogens is 1. The number of ketones is 1. The van der Waals surface area contributed by atoms with Crippen LogP contribution in [0.25, 0.3) is 5.57 Å². The van der Waals surface area contributed by atoms with Gasteiger partial charge in [-0.25, -0.2) is 13.8 Å². The van der Waals surface area contributed by atoms with E-state index in [2.05, 4.69) is 15.3 Å². The van der Waals surface area contributed by atoms with Crippen LogP contribution in [0.5, 0.6) is 0 Å². The van der Waals surface area contributed by atoms with Gasteiger partial charge in [0, 0.05) is 54.5 Å². The van der Waals surface area contributed by atoms with Gasteiger partial charge in [0.05, 0.1) is 7.11 Å². The molecule has 3 N–H and O–H groups in total. The molecule has 166 valence electrons. The fourth-order valence-electron chi connectivity index (χ4n) is 3.14. The quantitative estimate of drug-likeness (QED) is 0.483. The van der Waals surface area contributed by atoms with Gasteiger partial charge in [-0.3, -0.25) is 9.78 Å². The predicted octanol–water partition coefficient (Wildman–Crippen LogP) is 3.86. The molecule has 1 aromatic carbocycles. The molecule has 1 aliphatic rings. The van der Waals surface area contributed by atoms with Crippen molar-refractivity contribution < 1.29 is 18.3 Å². The molecule has 0 unspecified atom stereocenters. The third-order valence-corrected chi connectivity index (χ3v) is 4.78. The summed E-state index contributed by atoms with van der Waals surface area (Å²) in [5.41, 5.74) is 8.23. The second-order valence-electron chi connectivity index (χ2n) is 7.21. The van der Waals surface area contributed by atoms with Gasteiger partial charge in [0.15, 0.2) is 0 Å². The van der Waals surface area contributed by atoms with E-state index in [1.54, 1.807) is 36.7 Å². The highest BCUT2D eigenvalue weighted by molar-refractivity contribution is 5.97. The Morgan fingerprint density at radius 1 is 1.28 bits per heavy atom. The molecule has 3 rings (SSSR count). The Labute approximate surface area is 185 Å². The van der Waals surface area contributed by atoms with Crippen LogP contribution in [0.15, 0.2) is 77.0 Å². The Bertz CT molecular complexity index is 1120. The highest BCUT2D eigenvalue weighted by Crippen LogP contribution is 2.32. The Morgan fingerprint density at radius 3 is 2.75 bits per heavy atom. The highest BCUT2D eigenvalue weighted by atomic mass is 19.1. The molecule has 1 heterocycles. The van der Waals surface area contributed by atoms with Gasteiger partial charge in [-0.1, -0.05) is 0 Å².